The highest BCUT2D eigenvalue weighted by Gasteiger charge is 2.17. The van der Waals surface area contributed by atoms with Gasteiger partial charge in [0.1, 0.15) is 5.82 Å². The van der Waals surface area contributed by atoms with Crippen LogP contribution in [0.1, 0.15) is 24.5 Å². The molecule has 0 fully saturated rings. The van der Waals surface area contributed by atoms with Crippen LogP contribution >= 0.6 is 0 Å². The predicted molar refractivity (Wildman–Crippen MR) is 93.1 cm³/mol. The molecule has 0 atom stereocenters. The highest BCUT2D eigenvalue weighted by molar-refractivity contribution is 7.92. The normalized spacial score (nSPS) is 14.4. The fourth-order valence-corrected chi connectivity index (χ4v) is 3.94. The van der Waals surface area contributed by atoms with Gasteiger partial charge in [0, 0.05) is 13.1 Å². The third-order valence-corrected chi connectivity index (χ3v) is 5.44. The summed E-state index contributed by atoms with van der Waals surface area (Å²) >= 11 is 0. The number of aromatic nitrogens is 1. The van der Waals surface area contributed by atoms with Gasteiger partial charge < -0.3 is 4.90 Å². The van der Waals surface area contributed by atoms with Crippen molar-refractivity contribution in [3.05, 3.63) is 53.7 Å². The van der Waals surface area contributed by atoms with Crippen LogP contribution < -0.4 is 9.62 Å². The lowest BCUT2D eigenvalue weighted by molar-refractivity contribution is 0.600. The smallest absolute Gasteiger partial charge is 0.232 e. The van der Waals surface area contributed by atoms with Crippen LogP contribution in [0.4, 0.5) is 11.5 Å². The van der Waals surface area contributed by atoms with Crippen molar-refractivity contribution in [2.45, 2.75) is 26.3 Å². The summed E-state index contributed by atoms with van der Waals surface area (Å²) in [6.45, 7) is 3.60. The molecule has 1 aliphatic heterocycles. The summed E-state index contributed by atoms with van der Waals surface area (Å²) in [5, 5.41) is 0. The number of fused-ring (bicyclic) bond motifs is 1. The molecule has 1 N–H and O–H groups in total. The first-order chi connectivity index (χ1) is 11.1. The van der Waals surface area contributed by atoms with E-state index in [1.807, 2.05) is 13.0 Å². The van der Waals surface area contributed by atoms with Crippen LogP contribution in [-0.2, 0) is 23.0 Å². The maximum Gasteiger partial charge on any atom is 0.232 e. The number of nitrogens with one attached hydrogen (secondary N) is 1. The minimum absolute atomic E-state index is 0.123. The molecule has 1 aromatic heterocycles. The zero-order valence-corrected chi connectivity index (χ0v) is 14.0. The van der Waals surface area contributed by atoms with Crippen molar-refractivity contribution in [1.82, 2.24) is 4.98 Å². The van der Waals surface area contributed by atoms with Crippen LogP contribution in [0.5, 0.6) is 0 Å². The lowest BCUT2D eigenvalue weighted by Crippen LogP contribution is -2.30. The van der Waals surface area contributed by atoms with E-state index >= 15 is 0 Å². The molecule has 0 radical (unpaired) electrons. The van der Waals surface area contributed by atoms with Crippen LogP contribution in [0.15, 0.2) is 42.6 Å². The molecule has 1 aliphatic rings. The Kier molecular flexibility index (Phi) is 4.52. The fourth-order valence-electron chi connectivity index (χ4n) is 2.82. The van der Waals surface area contributed by atoms with E-state index < -0.39 is 10.0 Å². The third-order valence-electron chi connectivity index (χ3n) is 3.95. The summed E-state index contributed by atoms with van der Waals surface area (Å²) in [7, 11) is -3.27. The number of sulfonamides is 1. The lowest BCUT2D eigenvalue weighted by Gasteiger charge is -2.29. The van der Waals surface area contributed by atoms with Gasteiger partial charge in [0.05, 0.1) is 17.6 Å². The van der Waals surface area contributed by atoms with Gasteiger partial charge in [-0.15, -0.1) is 0 Å². The molecule has 1 aromatic carbocycles. The topological polar surface area (TPSA) is 62.3 Å². The Morgan fingerprint density at radius 1 is 1.17 bits per heavy atom. The zero-order chi connectivity index (χ0) is 16.3. The second kappa shape index (κ2) is 6.58. The summed E-state index contributed by atoms with van der Waals surface area (Å²) in [6, 6.07) is 12.1. The van der Waals surface area contributed by atoms with Gasteiger partial charge in [0.15, 0.2) is 0 Å². The quantitative estimate of drug-likeness (QED) is 0.915. The Balaban J connectivity index is 1.71. The highest BCUT2D eigenvalue weighted by Crippen LogP contribution is 2.23. The van der Waals surface area contributed by atoms with Crippen molar-refractivity contribution in [2.24, 2.45) is 0 Å². The molecule has 0 spiro atoms. The number of anilines is 2. The average Bonchev–Trinajstić information content (AvgIpc) is 2.54. The van der Waals surface area contributed by atoms with Gasteiger partial charge in [0.25, 0.3) is 0 Å². The SMILES string of the molecule is CCCS(=O)(=O)Nc1ccc(N2CCc3ccccc3C2)nc1. The van der Waals surface area contributed by atoms with Gasteiger partial charge in [-0.25, -0.2) is 13.4 Å². The first-order valence-corrected chi connectivity index (χ1v) is 9.51. The summed E-state index contributed by atoms with van der Waals surface area (Å²) in [5.41, 5.74) is 3.24. The van der Waals surface area contributed by atoms with Crippen LogP contribution in [-0.4, -0.2) is 25.7 Å². The number of nitrogens with zero attached hydrogens (tertiary/aromatic N) is 2. The maximum atomic E-state index is 11.8. The van der Waals surface area contributed by atoms with E-state index in [0.717, 1.165) is 25.3 Å². The van der Waals surface area contributed by atoms with Crippen LogP contribution in [0.2, 0.25) is 0 Å². The molecular weight excluding hydrogens is 310 g/mol. The van der Waals surface area contributed by atoms with Crippen LogP contribution in [0.3, 0.4) is 0 Å². The van der Waals surface area contributed by atoms with Crippen LogP contribution in [0, 0.1) is 0 Å². The zero-order valence-electron chi connectivity index (χ0n) is 13.2. The molecule has 122 valence electrons. The lowest BCUT2D eigenvalue weighted by atomic mass is 10.00. The largest absolute Gasteiger partial charge is 0.352 e. The Hall–Kier alpha value is -2.08. The van der Waals surface area contributed by atoms with Crippen molar-refractivity contribution >= 4 is 21.5 Å². The van der Waals surface area contributed by atoms with Gasteiger partial charge in [-0.05, 0) is 36.1 Å². The number of rotatable bonds is 5. The predicted octanol–water partition coefficient (Wildman–Crippen LogP) is 2.80. The molecule has 0 aliphatic carbocycles. The third kappa shape index (κ3) is 3.82. The van der Waals surface area contributed by atoms with E-state index in [2.05, 4.69) is 38.9 Å². The van der Waals surface area contributed by atoms with E-state index in [9.17, 15) is 8.42 Å². The van der Waals surface area contributed by atoms with Crippen molar-refractivity contribution in [1.29, 1.82) is 0 Å². The first-order valence-electron chi connectivity index (χ1n) is 7.85. The monoisotopic (exact) mass is 331 g/mol. The number of benzene rings is 1. The van der Waals surface area contributed by atoms with E-state index in [0.29, 0.717) is 12.1 Å². The molecule has 3 rings (SSSR count). The molecule has 5 nitrogen and oxygen atoms in total. The summed E-state index contributed by atoms with van der Waals surface area (Å²) in [4.78, 5) is 6.63. The molecule has 2 heterocycles. The molecule has 0 saturated carbocycles. The van der Waals surface area contributed by atoms with Gasteiger partial charge in [-0.1, -0.05) is 31.2 Å². The standard InChI is InChI=1S/C17H21N3O2S/c1-2-11-23(21,22)19-16-7-8-17(18-12-16)20-10-9-14-5-3-4-6-15(14)13-20/h3-8,12,19H,2,9-11,13H2,1H3. The van der Waals surface area contributed by atoms with Crippen molar-refractivity contribution in [3.8, 4) is 0 Å². The molecule has 2 aromatic rings. The van der Waals surface area contributed by atoms with Gasteiger partial charge in [-0.3, -0.25) is 4.72 Å². The van der Waals surface area contributed by atoms with Crippen molar-refractivity contribution < 1.29 is 8.42 Å². The summed E-state index contributed by atoms with van der Waals surface area (Å²) < 4.78 is 26.1. The molecule has 0 saturated heterocycles. The number of hydrogen-bond acceptors (Lipinski definition) is 4. The number of hydrogen-bond donors (Lipinski definition) is 1. The molecular formula is C17H21N3O2S. The Morgan fingerprint density at radius 2 is 1.96 bits per heavy atom. The molecule has 23 heavy (non-hydrogen) atoms. The number of pyridine rings is 1. The van der Waals surface area contributed by atoms with E-state index in [1.165, 1.54) is 11.1 Å². The Bertz CT molecular complexity index is 773. The second-order valence-corrected chi connectivity index (χ2v) is 7.61. The average molecular weight is 331 g/mol. The first kappa shape index (κ1) is 15.8. The van der Waals surface area contributed by atoms with Gasteiger partial charge in [-0.2, -0.15) is 0 Å². The van der Waals surface area contributed by atoms with Crippen LogP contribution in [0.25, 0.3) is 0 Å². The minimum atomic E-state index is -3.27. The van der Waals surface area contributed by atoms with Crippen molar-refractivity contribution in [2.75, 3.05) is 21.9 Å². The second-order valence-electron chi connectivity index (χ2n) is 5.77. The summed E-state index contributed by atoms with van der Waals surface area (Å²) in [5.74, 6) is 0.996. The van der Waals surface area contributed by atoms with Gasteiger partial charge in [0.2, 0.25) is 10.0 Å². The minimum Gasteiger partial charge on any atom is -0.352 e. The Morgan fingerprint density at radius 3 is 2.65 bits per heavy atom. The fraction of sp³-hybridized carbons (Fsp3) is 0.353. The molecule has 0 bridgehead atoms. The molecule has 0 amide bonds. The van der Waals surface area contributed by atoms with E-state index in [4.69, 9.17) is 0 Å². The van der Waals surface area contributed by atoms with Crippen molar-refractivity contribution in [3.63, 3.8) is 0 Å². The van der Waals surface area contributed by atoms with E-state index in [1.54, 1.807) is 12.3 Å². The van der Waals surface area contributed by atoms with Gasteiger partial charge >= 0.3 is 0 Å². The molecule has 6 heteroatoms. The molecule has 0 unspecified atom stereocenters. The highest BCUT2D eigenvalue weighted by atomic mass is 32.2. The summed E-state index contributed by atoms with van der Waals surface area (Å²) in [6.07, 6.45) is 3.18. The Labute approximate surface area is 137 Å². The van der Waals surface area contributed by atoms with E-state index in [-0.39, 0.29) is 5.75 Å². The maximum absolute atomic E-state index is 11.8.